The first-order valence-corrected chi connectivity index (χ1v) is 14.1. The number of carbonyl (C=O) groups is 2. The van der Waals surface area contributed by atoms with Crippen LogP contribution in [-0.4, -0.2) is 64.1 Å². The Kier molecular flexibility index (Phi) is 17.2. The number of alkyl carbamates (subject to hydrolysis) is 1. The van der Waals surface area contributed by atoms with Crippen molar-refractivity contribution in [2.45, 2.75) is 83.9 Å². The van der Waals surface area contributed by atoms with Crippen LogP contribution in [0.15, 0.2) is 29.9 Å². The summed E-state index contributed by atoms with van der Waals surface area (Å²) in [5.41, 5.74) is 0.335. The molecule has 0 rings (SSSR count). The number of aliphatic carboxylic acids is 1. The van der Waals surface area contributed by atoms with Crippen LogP contribution in [0, 0.1) is 0 Å². The van der Waals surface area contributed by atoms with Crippen molar-refractivity contribution < 1.29 is 19.4 Å². The van der Waals surface area contributed by atoms with Crippen molar-refractivity contribution in [2.75, 3.05) is 25.4 Å². The Hall–Kier alpha value is -1.45. The number of amidine groups is 1. The van der Waals surface area contributed by atoms with E-state index in [4.69, 9.17) is 9.84 Å². The molecule has 0 radical (unpaired) electrons. The van der Waals surface area contributed by atoms with Gasteiger partial charge < -0.3 is 9.84 Å². The Morgan fingerprint density at radius 3 is 2.42 bits per heavy atom. The van der Waals surface area contributed by atoms with Crippen molar-refractivity contribution in [1.82, 2.24) is 10.2 Å². The van der Waals surface area contributed by atoms with Gasteiger partial charge in [0.15, 0.2) is 0 Å². The van der Waals surface area contributed by atoms with Crippen molar-refractivity contribution in [3.05, 3.63) is 24.9 Å². The molecule has 1 amide bonds. The van der Waals surface area contributed by atoms with Crippen LogP contribution < -0.4 is 5.32 Å². The average Bonchev–Trinajstić information content (AvgIpc) is 2.76. The Bertz CT molecular complexity index is 652. The van der Waals surface area contributed by atoms with Crippen LogP contribution in [0.2, 0.25) is 0 Å². The Morgan fingerprint density at radius 2 is 1.91 bits per heavy atom. The highest BCUT2D eigenvalue weighted by atomic mass is 33.1. The third-order valence-corrected chi connectivity index (χ3v) is 8.15. The number of ether oxygens (including phenoxy) is 1. The summed E-state index contributed by atoms with van der Waals surface area (Å²) in [6, 6.07) is 0. The molecular weight excluding hydrogens is 458 g/mol. The number of carbonyl (C=O) groups excluding carboxylic acids is 1. The van der Waals surface area contributed by atoms with Crippen LogP contribution in [-0.2, 0) is 9.53 Å². The highest BCUT2D eigenvalue weighted by Crippen LogP contribution is 2.29. The standard InChI is InChI=1S/C24H43N3O4S2/c1-8-14-27(15-9-2)24(7,11-4)18-21(25-19(5)10-3)26-23(30)31-16-17-32-33-20(6)12-13-22(28)29/h10,20H,3,5,8-9,11-18H2,1-2,4,6-7H3,(H,28,29)(H,25,26,30). The lowest BCUT2D eigenvalue weighted by Gasteiger charge is -2.41. The summed E-state index contributed by atoms with van der Waals surface area (Å²) in [5, 5.41) is 11.8. The third-order valence-electron chi connectivity index (χ3n) is 5.22. The lowest BCUT2D eigenvalue weighted by molar-refractivity contribution is -0.137. The molecule has 0 aliphatic heterocycles. The van der Waals surface area contributed by atoms with Crippen LogP contribution in [0.3, 0.4) is 0 Å². The van der Waals surface area contributed by atoms with Gasteiger partial charge in [0.2, 0.25) is 0 Å². The molecule has 2 atom stereocenters. The molecule has 2 N–H and O–H groups in total. The van der Waals surface area contributed by atoms with E-state index in [1.165, 1.54) is 0 Å². The van der Waals surface area contributed by atoms with Crippen molar-refractivity contribution in [2.24, 2.45) is 4.99 Å². The fraction of sp³-hybridized carbons (Fsp3) is 0.708. The summed E-state index contributed by atoms with van der Waals surface area (Å²) in [7, 11) is 3.18. The number of allylic oxidation sites excluding steroid dienone is 1. The van der Waals surface area contributed by atoms with Gasteiger partial charge in [0.1, 0.15) is 12.4 Å². The first kappa shape index (κ1) is 31.6. The van der Waals surface area contributed by atoms with Crippen molar-refractivity contribution in [1.29, 1.82) is 0 Å². The van der Waals surface area contributed by atoms with Crippen molar-refractivity contribution >= 4 is 39.5 Å². The lowest BCUT2D eigenvalue weighted by atomic mass is 9.90. The zero-order valence-electron chi connectivity index (χ0n) is 21.0. The van der Waals surface area contributed by atoms with Crippen LogP contribution in [0.1, 0.15) is 73.1 Å². The maximum Gasteiger partial charge on any atom is 0.412 e. The van der Waals surface area contributed by atoms with E-state index >= 15 is 0 Å². The zero-order chi connectivity index (χ0) is 25.3. The second-order valence-corrected chi connectivity index (χ2v) is 11.1. The Labute approximate surface area is 208 Å². The minimum absolute atomic E-state index is 0.155. The monoisotopic (exact) mass is 501 g/mol. The molecule has 0 aromatic heterocycles. The minimum Gasteiger partial charge on any atom is -0.481 e. The third kappa shape index (κ3) is 14.4. The fourth-order valence-corrected chi connectivity index (χ4v) is 5.38. The van der Waals surface area contributed by atoms with E-state index in [1.807, 2.05) is 6.92 Å². The van der Waals surface area contributed by atoms with Gasteiger partial charge in [-0.3, -0.25) is 15.0 Å². The molecule has 0 aromatic carbocycles. The topological polar surface area (TPSA) is 91.2 Å². The number of aliphatic imine (C=N–C) groups is 1. The molecule has 0 saturated carbocycles. The highest BCUT2D eigenvalue weighted by molar-refractivity contribution is 8.76. The number of amides is 1. The summed E-state index contributed by atoms with van der Waals surface area (Å²) >= 11 is 0. The van der Waals surface area contributed by atoms with Crippen molar-refractivity contribution in [3.8, 4) is 0 Å². The molecule has 0 aliphatic carbocycles. The molecule has 0 aromatic rings. The zero-order valence-corrected chi connectivity index (χ0v) is 22.7. The van der Waals surface area contributed by atoms with Crippen LogP contribution >= 0.6 is 21.6 Å². The van der Waals surface area contributed by atoms with Gasteiger partial charge in [-0.1, -0.05) is 62.4 Å². The van der Waals surface area contributed by atoms with Crippen molar-refractivity contribution in [3.63, 3.8) is 0 Å². The molecule has 7 nitrogen and oxygen atoms in total. The maximum absolute atomic E-state index is 12.4. The molecule has 0 bridgehead atoms. The summed E-state index contributed by atoms with van der Waals surface area (Å²) < 4.78 is 5.34. The van der Waals surface area contributed by atoms with Gasteiger partial charge in [-0.25, -0.2) is 9.79 Å². The van der Waals surface area contributed by atoms with E-state index in [1.54, 1.807) is 27.7 Å². The molecule has 0 saturated heterocycles. The van der Waals surface area contributed by atoms with Gasteiger partial charge in [-0.15, -0.1) is 0 Å². The number of nitrogens with one attached hydrogen (secondary N) is 1. The van der Waals surface area contributed by atoms with E-state index in [0.717, 1.165) is 32.4 Å². The molecule has 2 unspecified atom stereocenters. The maximum atomic E-state index is 12.4. The molecule has 0 spiro atoms. The number of carboxylic acids is 1. The van der Waals surface area contributed by atoms with Gasteiger partial charge >= 0.3 is 12.1 Å². The van der Waals surface area contributed by atoms with E-state index in [9.17, 15) is 9.59 Å². The number of rotatable bonds is 18. The molecule has 33 heavy (non-hydrogen) atoms. The van der Waals surface area contributed by atoms with Gasteiger partial charge in [0.05, 0.1) is 5.70 Å². The predicted octanol–water partition coefficient (Wildman–Crippen LogP) is 6.13. The van der Waals surface area contributed by atoms with Gasteiger partial charge in [0, 0.05) is 29.4 Å². The molecule has 190 valence electrons. The average molecular weight is 502 g/mol. The summed E-state index contributed by atoms with van der Waals surface area (Å²) in [4.78, 5) is 30.0. The molecule has 0 fully saturated rings. The highest BCUT2D eigenvalue weighted by Gasteiger charge is 2.31. The minimum atomic E-state index is -0.782. The second-order valence-electron chi connectivity index (χ2n) is 8.19. The predicted molar refractivity (Wildman–Crippen MR) is 143 cm³/mol. The Morgan fingerprint density at radius 1 is 1.27 bits per heavy atom. The van der Waals surface area contributed by atoms with Gasteiger partial charge in [-0.2, -0.15) is 0 Å². The molecule has 9 heteroatoms. The van der Waals surface area contributed by atoms with Crippen LogP contribution in [0.4, 0.5) is 4.79 Å². The second kappa shape index (κ2) is 18.0. The summed E-state index contributed by atoms with van der Waals surface area (Å²) in [6.07, 6.45) is 5.40. The largest absolute Gasteiger partial charge is 0.481 e. The van der Waals surface area contributed by atoms with E-state index in [2.05, 4.69) is 56.1 Å². The normalized spacial score (nSPS) is 14.4. The molecule has 0 aliphatic rings. The van der Waals surface area contributed by atoms with Gasteiger partial charge in [0.25, 0.3) is 0 Å². The summed E-state index contributed by atoms with van der Waals surface area (Å²) in [5.74, 6) is 0.362. The smallest absolute Gasteiger partial charge is 0.412 e. The number of hydrogen-bond donors (Lipinski definition) is 2. The van der Waals surface area contributed by atoms with E-state index < -0.39 is 12.1 Å². The molecular formula is C24H43N3O4S2. The number of hydrogen-bond acceptors (Lipinski definition) is 7. The quantitative estimate of drug-likeness (QED) is 0.0768. The lowest BCUT2D eigenvalue weighted by Crippen LogP contribution is -2.50. The first-order chi connectivity index (χ1) is 15.6. The van der Waals surface area contributed by atoms with Crippen LogP contribution in [0.5, 0.6) is 0 Å². The molecule has 0 heterocycles. The van der Waals surface area contributed by atoms with Gasteiger partial charge in [-0.05, 0) is 51.8 Å². The SMILES string of the molecule is C=CC(=C)N=C(CC(C)(CC)N(CCC)CCC)NC(=O)OCCSSC(C)CCC(=O)O. The number of carboxylic acid groups (broad SMARTS) is 1. The first-order valence-electron chi connectivity index (χ1n) is 11.7. The van der Waals surface area contributed by atoms with E-state index in [-0.39, 0.29) is 23.8 Å². The Balaban J connectivity index is 4.89. The summed E-state index contributed by atoms with van der Waals surface area (Å²) in [6.45, 7) is 20.5. The fourth-order valence-electron chi connectivity index (χ4n) is 3.20. The number of nitrogens with zero attached hydrogens (tertiary/aromatic N) is 2. The van der Waals surface area contributed by atoms with Crippen LogP contribution in [0.25, 0.3) is 0 Å². The van der Waals surface area contributed by atoms with E-state index in [0.29, 0.717) is 30.1 Å².